The Morgan fingerprint density at radius 1 is 1.10 bits per heavy atom. The number of hydrogen-bond acceptors (Lipinski definition) is 3. The van der Waals surface area contributed by atoms with Gasteiger partial charge in [0.05, 0.1) is 4.90 Å². The topological polar surface area (TPSA) is 46.2 Å². The van der Waals surface area contributed by atoms with Crippen molar-refractivity contribution < 1.29 is 12.8 Å². The van der Waals surface area contributed by atoms with E-state index in [-0.39, 0.29) is 11.4 Å². The van der Waals surface area contributed by atoms with Crippen molar-refractivity contribution in [3.8, 4) is 0 Å². The lowest BCUT2D eigenvalue weighted by Gasteiger charge is -2.08. The van der Waals surface area contributed by atoms with Gasteiger partial charge in [-0.25, -0.2) is 17.5 Å². The fourth-order valence-corrected chi connectivity index (χ4v) is 3.07. The van der Waals surface area contributed by atoms with E-state index in [9.17, 15) is 12.8 Å². The predicted molar refractivity (Wildman–Crippen MR) is 78.6 cm³/mol. The van der Waals surface area contributed by atoms with Crippen LogP contribution in [-0.4, -0.2) is 14.7 Å². The van der Waals surface area contributed by atoms with E-state index in [2.05, 4.69) is 4.72 Å². The number of halogens is 1. The summed E-state index contributed by atoms with van der Waals surface area (Å²) in [6.07, 6.45) is 1.92. The molecule has 106 valence electrons. The van der Waals surface area contributed by atoms with Gasteiger partial charge in [0.15, 0.2) is 0 Å². The highest BCUT2D eigenvalue weighted by atomic mass is 32.2. The van der Waals surface area contributed by atoms with Crippen LogP contribution in [0.4, 0.5) is 4.39 Å². The van der Waals surface area contributed by atoms with Gasteiger partial charge in [0.25, 0.3) is 0 Å². The first kappa shape index (κ1) is 15.0. The maximum atomic E-state index is 13.4. The first-order valence-corrected chi connectivity index (χ1v) is 8.61. The zero-order valence-electron chi connectivity index (χ0n) is 10.8. The van der Waals surface area contributed by atoms with Gasteiger partial charge in [-0.1, -0.05) is 18.2 Å². The first-order chi connectivity index (χ1) is 9.53. The molecule has 0 aromatic heterocycles. The van der Waals surface area contributed by atoms with Crippen molar-refractivity contribution in [3.05, 3.63) is 59.9 Å². The SMILES string of the molecule is CSc1ccc(S(=O)(=O)NCc2ccccc2F)cc1. The average Bonchev–Trinajstić information content (AvgIpc) is 2.46. The molecule has 0 aliphatic carbocycles. The molecule has 0 aliphatic heterocycles. The summed E-state index contributed by atoms with van der Waals surface area (Å²) in [5.41, 5.74) is 0.316. The van der Waals surface area contributed by atoms with Gasteiger partial charge in [-0.15, -0.1) is 11.8 Å². The Bertz CT molecular complexity index is 685. The van der Waals surface area contributed by atoms with Crippen LogP contribution in [0.15, 0.2) is 58.3 Å². The molecule has 0 unspecified atom stereocenters. The van der Waals surface area contributed by atoms with Crippen molar-refractivity contribution in [1.82, 2.24) is 4.72 Å². The third-order valence-corrected chi connectivity index (χ3v) is 4.94. The molecular formula is C14H14FNO2S2. The van der Waals surface area contributed by atoms with E-state index in [1.54, 1.807) is 30.3 Å². The van der Waals surface area contributed by atoms with Crippen LogP contribution in [0, 0.1) is 5.82 Å². The quantitative estimate of drug-likeness (QED) is 0.863. The molecule has 0 bridgehead atoms. The second-order valence-electron chi connectivity index (χ2n) is 4.09. The van der Waals surface area contributed by atoms with Crippen molar-refractivity contribution in [2.24, 2.45) is 0 Å². The molecule has 0 saturated heterocycles. The minimum atomic E-state index is -3.63. The van der Waals surface area contributed by atoms with E-state index in [0.717, 1.165) is 4.90 Å². The Kier molecular flexibility index (Phi) is 4.80. The van der Waals surface area contributed by atoms with Gasteiger partial charge < -0.3 is 0 Å². The van der Waals surface area contributed by atoms with E-state index in [0.29, 0.717) is 5.56 Å². The molecule has 2 aromatic carbocycles. The fraction of sp³-hybridized carbons (Fsp3) is 0.143. The van der Waals surface area contributed by atoms with Crippen LogP contribution in [0.3, 0.4) is 0 Å². The van der Waals surface area contributed by atoms with Crippen LogP contribution in [-0.2, 0) is 16.6 Å². The van der Waals surface area contributed by atoms with E-state index in [1.165, 1.54) is 30.0 Å². The van der Waals surface area contributed by atoms with Crippen molar-refractivity contribution >= 4 is 21.8 Å². The molecule has 0 heterocycles. The van der Waals surface area contributed by atoms with Gasteiger partial charge in [0.1, 0.15) is 5.82 Å². The molecule has 0 saturated carbocycles. The Morgan fingerprint density at radius 3 is 2.35 bits per heavy atom. The van der Waals surface area contributed by atoms with E-state index < -0.39 is 15.8 Å². The van der Waals surface area contributed by atoms with Crippen molar-refractivity contribution in [2.75, 3.05) is 6.26 Å². The standard InChI is InChI=1S/C14H14FNO2S2/c1-19-12-6-8-13(9-7-12)20(17,18)16-10-11-4-2-3-5-14(11)15/h2-9,16H,10H2,1H3. The Balaban J connectivity index is 2.13. The van der Waals surface area contributed by atoms with Crippen LogP contribution in [0.5, 0.6) is 0 Å². The monoisotopic (exact) mass is 311 g/mol. The molecule has 3 nitrogen and oxygen atoms in total. The smallest absolute Gasteiger partial charge is 0.207 e. The summed E-state index contributed by atoms with van der Waals surface area (Å²) < 4.78 is 40.0. The van der Waals surface area contributed by atoms with E-state index in [4.69, 9.17) is 0 Å². The molecule has 6 heteroatoms. The lowest BCUT2D eigenvalue weighted by Crippen LogP contribution is -2.23. The third kappa shape index (κ3) is 3.59. The van der Waals surface area contributed by atoms with E-state index >= 15 is 0 Å². The molecular weight excluding hydrogens is 297 g/mol. The average molecular weight is 311 g/mol. The fourth-order valence-electron chi connectivity index (χ4n) is 1.65. The Labute approximate surface area is 122 Å². The van der Waals surface area contributed by atoms with Crippen molar-refractivity contribution in [3.63, 3.8) is 0 Å². The zero-order valence-corrected chi connectivity index (χ0v) is 12.5. The number of sulfonamides is 1. The van der Waals surface area contributed by atoms with Gasteiger partial charge in [0, 0.05) is 17.0 Å². The van der Waals surface area contributed by atoms with Crippen LogP contribution >= 0.6 is 11.8 Å². The Hall–Kier alpha value is -1.37. The number of thioether (sulfide) groups is 1. The highest BCUT2D eigenvalue weighted by molar-refractivity contribution is 7.98. The summed E-state index contributed by atoms with van der Waals surface area (Å²) in [5, 5.41) is 0. The molecule has 0 amide bonds. The number of hydrogen-bond donors (Lipinski definition) is 1. The highest BCUT2D eigenvalue weighted by Gasteiger charge is 2.14. The summed E-state index contributed by atoms with van der Waals surface area (Å²) in [7, 11) is -3.63. The summed E-state index contributed by atoms with van der Waals surface area (Å²) in [6, 6.07) is 12.6. The molecule has 1 N–H and O–H groups in total. The van der Waals surface area contributed by atoms with Crippen molar-refractivity contribution in [2.45, 2.75) is 16.3 Å². The first-order valence-electron chi connectivity index (χ1n) is 5.90. The van der Waals surface area contributed by atoms with Gasteiger partial charge >= 0.3 is 0 Å². The molecule has 0 aliphatic rings. The van der Waals surface area contributed by atoms with Crippen LogP contribution in [0.1, 0.15) is 5.56 Å². The third-order valence-electron chi connectivity index (χ3n) is 2.78. The summed E-state index contributed by atoms with van der Waals surface area (Å²) in [6.45, 7) is -0.0702. The minimum Gasteiger partial charge on any atom is -0.207 e. The summed E-state index contributed by atoms with van der Waals surface area (Å²) in [5.74, 6) is -0.423. The van der Waals surface area contributed by atoms with Crippen LogP contribution in [0.2, 0.25) is 0 Å². The zero-order chi connectivity index (χ0) is 14.6. The van der Waals surface area contributed by atoms with Gasteiger partial charge in [-0.05, 0) is 36.6 Å². The summed E-state index contributed by atoms with van der Waals surface area (Å²) in [4.78, 5) is 1.16. The van der Waals surface area contributed by atoms with Crippen LogP contribution in [0.25, 0.3) is 0 Å². The van der Waals surface area contributed by atoms with Gasteiger partial charge in [-0.3, -0.25) is 0 Å². The summed E-state index contributed by atoms with van der Waals surface area (Å²) >= 11 is 1.54. The van der Waals surface area contributed by atoms with Gasteiger partial charge in [-0.2, -0.15) is 0 Å². The lowest BCUT2D eigenvalue weighted by molar-refractivity contribution is 0.574. The molecule has 0 spiro atoms. The normalized spacial score (nSPS) is 11.5. The molecule has 0 radical (unpaired) electrons. The van der Waals surface area contributed by atoms with Gasteiger partial charge in [0.2, 0.25) is 10.0 Å². The van der Waals surface area contributed by atoms with Crippen molar-refractivity contribution in [1.29, 1.82) is 0 Å². The van der Waals surface area contributed by atoms with E-state index in [1.807, 2.05) is 6.26 Å². The number of benzene rings is 2. The molecule has 0 fully saturated rings. The molecule has 0 atom stereocenters. The maximum Gasteiger partial charge on any atom is 0.240 e. The number of nitrogens with one attached hydrogen (secondary N) is 1. The minimum absolute atomic E-state index is 0.0702. The van der Waals surface area contributed by atoms with Crippen LogP contribution < -0.4 is 4.72 Å². The second kappa shape index (κ2) is 6.39. The second-order valence-corrected chi connectivity index (χ2v) is 6.74. The largest absolute Gasteiger partial charge is 0.240 e. The molecule has 20 heavy (non-hydrogen) atoms. The highest BCUT2D eigenvalue weighted by Crippen LogP contribution is 2.18. The molecule has 2 rings (SSSR count). The molecule has 2 aromatic rings. The maximum absolute atomic E-state index is 13.4. The Morgan fingerprint density at radius 2 is 1.75 bits per heavy atom. The lowest BCUT2D eigenvalue weighted by atomic mass is 10.2. The predicted octanol–water partition coefficient (Wildman–Crippen LogP) is 3.03. The number of rotatable bonds is 5.